The van der Waals surface area contributed by atoms with Crippen molar-refractivity contribution in [2.24, 2.45) is 0 Å². The molecule has 1 atom stereocenters. The largest absolute Gasteiger partial charge is 0.497 e. The molecule has 2 heterocycles. The maximum atomic E-state index is 14.1. The Morgan fingerprint density at radius 3 is 2.30 bits per heavy atom. The van der Waals surface area contributed by atoms with Gasteiger partial charge in [0.2, 0.25) is 0 Å². The van der Waals surface area contributed by atoms with E-state index in [1.54, 1.807) is 6.07 Å². The van der Waals surface area contributed by atoms with Crippen molar-refractivity contribution < 1.29 is 13.7 Å². The normalized spacial score (nSPS) is 22.1. The van der Waals surface area contributed by atoms with Crippen molar-refractivity contribution >= 4 is 12.6 Å². The van der Waals surface area contributed by atoms with Gasteiger partial charge in [-0.3, -0.25) is 4.98 Å². The summed E-state index contributed by atoms with van der Waals surface area (Å²) < 4.78 is 25.9. The Hall–Kier alpha value is -0.935. The maximum Gasteiger partial charge on any atom is 0.497 e. The zero-order valence-electron chi connectivity index (χ0n) is 13.2. The number of nitrogens with zero attached hydrogens (tertiary/aromatic N) is 1. The molecule has 3 nitrogen and oxygen atoms in total. The Kier molecular flexibility index (Phi) is 3.95. The van der Waals surface area contributed by atoms with Crippen LogP contribution in [0.2, 0.25) is 0 Å². The lowest BCUT2D eigenvalue weighted by molar-refractivity contribution is 0.00578. The highest BCUT2D eigenvalue weighted by Crippen LogP contribution is 2.36. The second kappa shape index (κ2) is 5.12. The molecule has 0 aliphatic carbocycles. The molecule has 20 heavy (non-hydrogen) atoms. The highest BCUT2D eigenvalue weighted by atomic mass is 19.1. The lowest BCUT2D eigenvalue weighted by atomic mass is 9.78. The van der Waals surface area contributed by atoms with E-state index in [1.807, 2.05) is 27.7 Å². The van der Waals surface area contributed by atoms with Gasteiger partial charge in [-0.15, -0.1) is 0 Å². The second-order valence-corrected chi connectivity index (χ2v) is 6.53. The highest BCUT2D eigenvalue weighted by molar-refractivity contribution is 6.62. The Labute approximate surface area is 121 Å². The van der Waals surface area contributed by atoms with Crippen LogP contribution in [0.15, 0.2) is 12.3 Å². The third-order valence-corrected chi connectivity index (χ3v) is 4.53. The van der Waals surface area contributed by atoms with Gasteiger partial charge in [0.05, 0.1) is 17.4 Å². The third kappa shape index (κ3) is 2.61. The first-order valence-electron chi connectivity index (χ1n) is 7.19. The van der Waals surface area contributed by atoms with E-state index in [2.05, 4.69) is 18.8 Å². The van der Waals surface area contributed by atoms with Crippen LogP contribution in [0.5, 0.6) is 0 Å². The zero-order chi connectivity index (χ0) is 15.1. The Morgan fingerprint density at radius 1 is 1.25 bits per heavy atom. The summed E-state index contributed by atoms with van der Waals surface area (Å²) >= 11 is 0. The summed E-state index contributed by atoms with van der Waals surface area (Å²) in [6.07, 6.45) is 2.23. The maximum absolute atomic E-state index is 14.1. The number of halogens is 1. The number of hydrogen-bond donors (Lipinski definition) is 0. The Balaban J connectivity index is 2.34. The van der Waals surface area contributed by atoms with Crippen LogP contribution < -0.4 is 5.46 Å². The smallest absolute Gasteiger partial charge is 0.399 e. The van der Waals surface area contributed by atoms with Crippen LogP contribution in [0.4, 0.5) is 4.39 Å². The van der Waals surface area contributed by atoms with Crippen LogP contribution in [0, 0.1) is 5.82 Å². The van der Waals surface area contributed by atoms with Crippen molar-refractivity contribution in [1.82, 2.24) is 4.98 Å². The molecule has 1 aromatic rings. The van der Waals surface area contributed by atoms with E-state index in [0.717, 1.165) is 12.1 Å². The van der Waals surface area contributed by atoms with Gasteiger partial charge in [0.1, 0.15) is 5.82 Å². The number of rotatable bonds is 3. The molecule has 0 bridgehead atoms. The van der Waals surface area contributed by atoms with E-state index in [-0.39, 0.29) is 11.7 Å². The average Bonchev–Trinajstić information content (AvgIpc) is 2.58. The van der Waals surface area contributed by atoms with Gasteiger partial charge >= 0.3 is 7.12 Å². The van der Waals surface area contributed by atoms with Gasteiger partial charge < -0.3 is 9.31 Å². The molecule has 2 rings (SSSR count). The SMILES string of the molecule is CCC(C)c1cc(B2OC(C)(C)C(C)(C)O2)c(F)cn1. The fraction of sp³-hybridized carbons (Fsp3) is 0.667. The summed E-state index contributed by atoms with van der Waals surface area (Å²) in [4.78, 5) is 4.17. The average molecular weight is 279 g/mol. The van der Waals surface area contributed by atoms with Crippen molar-refractivity contribution in [2.75, 3.05) is 0 Å². The van der Waals surface area contributed by atoms with Crippen molar-refractivity contribution in [1.29, 1.82) is 0 Å². The van der Waals surface area contributed by atoms with E-state index < -0.39 is 18.3 Å². The van der Waals surface area contributed by atoms with E-state index in [9.17, 15) is 4.39 Å². The molecule has 0 amide bonds. The van der Waals surface area contributed by atoms with E-state index in [4.69, 9.17) is 9.31 Å². The zero-order valence-corrected chi connectivity index (χ0v) is 13.2. The van der Waals surface area contributed by atoms with E-state index >= 15 is 0 Å². The van der Waals surface area contributed by atoms with Gasteiger partial charge in [0.15, 0.2) is 0 Å². The van der Waals surface area contributed by atoms with Crippen molar-refractivity contribution in [3.8, 4) is 0 Å². The van der Waals surface area contributed by atoms with Gasteiger partial charge in [0, 0.05) is 11.2 Å². The highest BCUT2D eigenvalue weighted by Gasteiger charge is 2.52. The molecular formula is C15H23BFNO2. The van der Waals surface area contributed by atoms with Crippen LogP contribution in [0.3, 0.4) is 0 Å². The molecule has 1 fully saturated rings. The van der Waals surface area contributed by atoms with Crippen LogP contribution in [0.25, 0.3) is 0 Å². The number of aromatic nitrogens is 1. The molecule has 0 aromatic carbocycles. The predicted molar refractivity (Wildman–Crippen MR) is 78.6 cm³/mol. The quantitative estimate of drug-likeness (QED) is 0.797. The molecule has 0 N–H and O–H groups in total. The molecule has 1 aliphatic rings. The minimum Gasteiger partial charge on any atom is -0.399 e. The second-order valence-electron chi connectivity index (χ2n) is 6.53. The number of pyridine rings is 1. The third-order valence-electron chi connectivity index (χ3n) is 4.53. The molecule has 1 aromatic heterocycles. The van der Waals surface area contributed by atoms with Crippen molar-refractivity contribution in [3.05, 3.63) is 23.8 Å². The lowest BCUT2D eigenvalue weighted by Crippen LogP contribution is -2.41. The summed E-state index contributed by atoms with van der Waals surface area (Å²) in [5.74, 6) is -0.0904. The summed E-state index contributed by atoms with van der Waals surface area (Å²) in [7, 11) is -0.675. The Morgan fingerprint density at radius 2 is 1.80 bits per heavy atom. The summed E-state index contributed by atoms with van der Waals surface area (Å²) in [6.45, 7) is 12.0. The lowest BCUT2D eigenvalue weighted by Gasteiger charge is -2.32. The van der Waals surface area contributed by atoms with Gasteiger partial charge in [0.25, 0.3) is 0 Å². The Bertz CT molecular complexity index is 489. The van der Waals surface area contributed by atoms with Gasteiger partial charge in [-0.1, -0.05) is 13.8 Å². The van der Waals surface area contributed by atoms with Crippen molar-refractivity contribution in [3.63, 3.8) is 0 Å². The standard InChI is InChI=1S/C15H23BFNO2/c1-7-10(2)13-8-11(12(17)9-18-13)16-19-14(3,4)15(5,6)20-16/h8-10H,7H2,1-6H3. The number of hydrogen-bond acceptors (Lipinski definition) is 3. The van der Waals surface area contributed by atoms with E-state index in [0.29, 0.717) is 5.46 Å². The van der Waals surface area contributed by atoms with Crippen LogP contribution in [-0.2, 0) is 9.31 Å². The molecule has 1 unspecified atom stereocenters. The van der Waals surface area contributed by atoms with Crippen LogP contribution in [-0.4, -0.2) is 23.3 Å². The topological polar surface area (TPSA) is 31.4 Å². The molecule has 0 saturated carbocycles. The molecule has 0 spiro atoms. The predicted octanol–water partition coefficient (Wildman–Crippen LogP) is 3.03. The monoisotopic (exact) mass is 279 g/mol. The fourth-order valence-corrected chi connectivity index (χ4v) is 2.10. The summed E-state index contributed by atoms with van der Waals surface area (Å²) in [5.41, 5.74) is 0.376. The van der Waals surface area contributed by atoms with Gasteiger partial charge in [-0.25, -0.2) is 4.39 Å². The molecule has 1 saturated heterocycles. The molecule has 0 radical (unpaired) electrons. The van der Waals surface area contributed by atoms with Gasteiger partial charge in [-0.05, 0) is 46.1 Å². The molecule has 110 valence electrons. The van der Waals surface area contributed by atoms with Crippen LogP contribution in [0.1, 0.15) is 59.6 Å². The fourth-order valence-electron chi connectivity index (χ4n) is 2.10. The van der Waals surface area contributed by atoms with Crippen molar-refractivity contribution in [2.45, 2.75) is 65.1 Å². The first-order chi connectivity index (χ1) is 9.18. The van der Waals surface area contributed by atoms with Gasteiger partial charge in [-0.2, -0.15) is 0 Å². The molecule has 5 heteroatoms. The van der Waals surface area contributed by atoms with Crippen LogP contribution >= 0.6 is 0 Å². The molecule has 1 aliphatic heterocycles. The summed E-state index contributed by atoms with van der Waals surface area (Å²) in [5, 5.41) is 0. The summed E-state index contributed by atoms with van der Waals surface area (Å²) in [6, 6.07) is 1.77. The minimum atomic E-state index is -0.675. The first-order valence-corrected chi connectivity index (χ1v) is 7.19. The minimum absolute atomic E-state index is 0.289. The first kappa shape index (κ1) is 15.5. The molecular weight excluding hydrogens is 256 g/mol. The van der Waals surface area contributed by atoms with E-state index in [1.165, 1.54) is 6.20 Å².